The molecule has 0 saturated carbocycles. The van der Waals surface area contributed by atoms with E-state index in [-0.39, 0.29) is 38.0 Å². The smallest absolute Gasteiger partial charge is 0.222 e. The van der Waals surface area contributed by atoms with Gasteiger partial charge >= 0.3 is 0 Å². The lowest BCUT2D eigenvalue weighted by Gasteiger charge is -2.14. The van der Waals surface area contributed by atoms with Crippen LogP contribution < -0.4 is 10.6 Å². The highest BCUT2D eigenvalue weighted by atomic mass is 127. The Morgan fingerprint density at radius 2 is 2.11 bits per heavy atom. The molecule has 0 aromatic heterocycles. The van der Waals surface area contributed by atoms with Gasteiger partial charge in [0.05, 0.1) is 19.3 Å². The van der Waals surface area contributed by atoms with Gasteiger partial charge in [-0.1, -0.05) is 0 Å². The molecule has 0 aliphatic rings. The first-order valence-corrected chi connectivity index (χ1v) is 6.86. The van der Waals surface area contributed by atoms with Crippen LogP contribution in [-0.4, -0.2) is 42.7 Å². The first-order chi connectivity index (χ1) is 9.13. The summed E-state index contributed by atoms with van der Waals surface area (Å²) >= 11 is 1.69. The molecule has 7 heteroatoms. The Balaban J connectivity index is 3.67. The molecule has 108 valence electrons. The zero-order chi connectivity index (χ0) is 14.5. The van der Waals surface area contributed by atoms with Gasteiger partial charge in [0, 0.05) is 25.8 Å². The third kappa shape index (κ3) is 10.7. The predicted octanol–water partition coefficient (Wildman–Crippen LogP) is 0.140. The van der Waals surface area contributed by atoms with Gasteiger partial charge in [-0.2, -0.15) is 0 Å². The van der Waals surface area contributed by atoms with Crippen LogP contribution in [0.3, 0.4) is 0 Å². The number of carbonyl (C=O) groups excluding carboxylic acids is 2. The molecule has 1 atom stereocenters. The largest absolute Gasteiger partial charge is 0.394 e. The van der Waals surface area contributed by atoms with E-state index >= 15 is 0 Å². The minimum atomic E-state index is -0.421. The molecule has 0 rings (SSSR count). The number of hydrogen-bond donors (Lipinski definition) is 3. The Morgan fingerprint density at radius 3 is 2.68 bits per heavy atom. The van der Waals surface area contributed by atoms with Gasteiger partial charge in [0.15, 0.2) is 0 Å². The fourth-order valence-electron chi connectivity index (χ4n) is 1.27. The summed E-state index contributed by atoms with van der Waals surface area (Å²) < 4.78 is 4.80. The summed E-state index contributed by atoms with van der Waals surface area (Å²) in [4.78, 5) is 22.8. The lowest BCUT2D eigenvalue weighted by atomic mass is 10.2. The van der Waals surface area contributed by atoms with Crippen LogP contribution >= 0.6 is 23.0 Å². The SMILES string of the molecule is C#CCCCC(=O)NCCC(=O)NC(CO)COI. The molecule has 0 aromatic carbocycles. The summed E-state index contributed by atoms with van der Waals surface area (Å²) in [5.74, 6) is 2.10. The second-order valence-electron chi connectivity index (χ2n) is 3.88. The van der Waals surface area contributed by atoms with Gasteiger partial charge < -0.3 is 18.8 Å². The Labute approximate surface area is 127 Å². The lowest BCUT2D eigenvalue weighted by molar-refractivity contribution is -0.123. The maximum Gasteiger partial charge on any atom is 0.222 e. The Hall–Kier alpha value is -0.850. The van der Waals surface area contributed by atoms with Crippen LogP contribution in [0.5, 0.6) is 0 Å². The molecule has 0 radical (unpaired) electrons. The highest BCUT2D eigenvalue weighted by Crippen LogP contribution is 1.94. The maximum atomic E-state index is 11.5. The summed E-state index contributed by atoms with van der Waals surface area (Å²) in [6.45, 7) is 0.318. The van der Waals surface area contributed by atoms with Gasteiger partial charge in [0.2, 0.25) is 11.8 Å². The minimum Gasteiger partial charge on any atom is -0.394 e. The van der Waals surface area contributed by atoms with Crippen LogP contribution in [0, 0.1) is 12.3 Å². The highest BCUT2D eigenvalue weighted by Gasteiger charge is 2.11. The van der Waals surface area contributed by atoms with Crippen LogP contribution in [0.1, 0.15) is 25.7 Å². The molecule has 0 aromatic rings. The van der Waals surface area contributed by atoms with Crippen molar-refractivity contribution in [3.63, 3.8) is 0 Å². The molecule has 0 aliphatic heterocycles. The summed E-state index contributed by atoms with van der Waals surface area (Å²) in [6, 6.07) is -0.421. The first-order valence-electron chi connectivity index (χ1n) is 5.98. The zero-order valence-corrected chi connectivity index (χ0v) is 12.8. The molecule has 0 fully saturated rings. The quantitative estimate of drug-likeness (QED) is 0.285. The van der Waals surface area contributed by atoms with Crippen molar-refractivity contribution in [3.05, 3.63) is 0 Å². The van der Waals surface area contributed by atoms with Crippen molar-refractivity contribution < 1.29 is 17.8 Å². The van der Waals surface area contributed by atoms with E-state index in [0.717, 1.165) is 0 Å². The molecule has 2 amide bonds. The van der Waals surface area contributed by atoms with Crippen LogP contribution in [0.25, 0.3) is 0 Å². The summed E-state index contributed by atoms with van der Waals surface area (Å²) in [5, 5.41) is 14.2. The third-order valence-electron chi connectivity index (χ3n) is 2.25. The van der Waals surface area contributed by atoms with Gasteiger partial charge in [-0.3, -0.25) is 9.59 Å². The Morgan fingerprint density at radius 1 is 1.37 bits per heavy atom. The number of carbonyl (C=O) groups is 2. The number of nitrogens with one attached hydrogen (secondary N) is 2. The normalized spacial score (nSPS) is 11.4. The van der Waals surface area contributed by atoms with Gasteiger partial charge in [0.25, 0.3) is 0 Å². The van der Waals surface area contributed by atoms with Crippen LogP contribution in [0.4, 0.5) is 0 Å². The standard InChI is InChI=1S/C12H19IN2O4/c1-2-3-4-5-11(17)14-7-6-12(18)15-10(8-16)9-19-13/h1,10,16H,3-9H2,(H,14,17)(H,15,18). The van der Waals surface area contributed by atoms with E-state index < -0.39 is 6.04 Å². The van der Waals surface area contributed by atoms with Gasteiger partial charge in [-0.25, -0.2) is 0 Å². The third-order valence-corrected chi connectivity index (χ3v) is 2.61. The number of aliphatic hydroxyl groups is 1. The number of aliphatic hydroxyl groups excluding tert-OH is 1. The van der Waals surface area contributed by atoms with E-state index in [1.807, 2.05) is 0 Å². The first kappa shape index (κ1) is 18.1. The van der Waals surface area contributed by atoms with E-state index in [4.69, 9.17) is 14.6 Å². The number of rotatable bonds is 10. The van der Waals surface area contributed by atoms with Crippen molar-refractivity contribution in [2.75, 3.05) is 19.8 Å². The molecular formula is C12H19IN2O4. The van der Waals surface area contributed by atoms with Crippen LogP contribution in [0.15, 0.2) is 0 Å². The monoisotopic (exact) mass is 382 g/mol. The maximum absolute atomic E-state index is 11.5. The average Bonchev–Trinajstić information content (AvgIpc) is 2.38. The number of halogens is 1. The van der Waals surface area contributed by atoms with Crippen LogP contribution in [0.2, 0.25) is 0 Å². The van der Waals surface area contributed by atoms with Crippen molar-refractivity contribution in [3.8, 4) is 12.3 Å². The van der Waals surface area contributed by atoms with Gasteiger partial charge in [-0.15, -0.1) is 12.3 Å². The fraction of sp³-hybridized carbons (Fsp3) is 0.667. The van der Waals surface area contributed by atoms with Crippen molar-refractivity contribution in [2.24, 2.45) is 0 Å². The fourth-order valence-corrected chi connectivity index (χ4v) is 1.70. The average molecular weight is 382 g/mol. The molecule has 0 heterocycles. The lowest BCUT2D eigenvalue weighted by Crippen LogP contribution is -2.41. The number of hydrogen-bond acceptors (Lipinski definition) is 4. The van der Waals surface area contributed by atoms with Crippen molar-refractivity contribution in [1.29, 1.82) is 0 Å². The van der Waals surface area contributed by atoms with E-state index in [9.17, 15) is 9.59 Å². The molecule has 19 heavy (non-hydrogen) atoms. The number of terminal acetylenes is 1. The number of unbranched alkanes of at least 4 members (excludes halogenated alkanes) is 1. The molecule has 0 spiro atoms. The van der Waals surface area contributed by atoms with E-state index in [0.29, 0.717) is 19.3 Å². The molecule has 6 nitrogen and oxygen atoms in total. The molecule has 1 unspecified atom stereocenters. The summed E-state index contributed by atoms with van der Waals surface area (Å²) in [5.41, 5.74) is 0. The van der Waals surface area contributed by atoms with E-state index in [1.165, 1.54) is 0 Å². The predicted molar refractivity (Wildman–Crippen MR) is 79.3 cm³/mol. The van der Waals surface area contributed by atoms with Crippen molar-refractivity contribution in [1.82, 2.24) is 10.6 Å². The summed E-state index contributed by atoms with van der Waals surface area (Å²) in [6.07, 6.45) is 6.83. The summed E-state index contributed by atoms with van der Waals surface area (Å²) in [7, 11) is 0. The molecular weight excluding hydrogens is 363 g/mol. The molecule has 3 N–H and O–H groups in total. The topological polar surface area (TPSA) is 87.7 Å². The second kappa shape index (κ2) is 12.2. The number of amides is 2. The Bertz CT molecular complexity index is 317. The minimum absolute atomic E-state index is 0.114. The Kier molecular flexibility index (Phi) is 11.7. The second-order valence-corrected chi connectivity index (χ2v) is 4.50. The van der Waals surface area contributed by atoms with Crippen LogP contribution in [-0.2, 0) is 12.7 Å². The molecule has 0 aliphatic carbocycles. The highest BCUT2D eigenvalue weighted by molar-refractivity contribution is 14.1. The van der Waals surface area contributed by atoms with Crippen molar-refractivity contribution in [2.45, 2.75) is 31.7 Å². The molecule has 0 bridgehead atoms. The van der Waals surface area contributed by atoms with Gasteiger partial charge in [0.1, 0.15) is 23.0 Å². The van der Waals surface area contributed by atoms with E-state index in [1.54, 1.807) is 23.0 Å². The zero-order valence-electron chi connectivity index (χ0n) is 10.7. The van der Waals surface area contributed by atoms with E-state index in [2.05, 4.69) is 16.6 Å². The van der Waals surface area contributed by atoms with Gasteiger partial charge in [-0.05, 0) is 6.42 Å². The van der Waals surface area contributed by atoms with Crippen molar-refractivity contribution >= 4 is 34.8 Å². The molecule has 0 saturated heterocycles.